The average Bonchev–Trinajstić information content (AvgIpc) is 2.78. The third-order valence-corrected chi connectivity index (χ3v) is 4.89. The van der Waals surface area contributed by atoms with Crippen molar-refractivity contribution in [3.05, 3.63) is 95.6 Å². The third-order valence-electron chi connectivity index (χ3n) is 4.89. The molecule has 0 spiro atoms. The first-order valence-electron chi connectivity index (χ1n) is 9.80. The van der Waals surface area contributed by atoms with Gasteiger partial charge in [-0.1, -0.05) is 66.7 Å². The Morgan fingerprint density at radius 2 is 1.43 bits per heavy atom. The summed E-state index contributed by atoms with van der Waals surface area (Å²) in [6.45, 7) is 3.92. The lowest BCUT2D eigenvalue weighted by Crippen LogP contribution is -2.42. The summed E-state index contributed by atoms with van der Waals surface area (Å²) in [7, 11) is 0. The van der Waals surface area contributed by atoms with Crippen LogP contribution in [0.25, 0.3) is 0 Å². The number of nitrogens with one attached hydrogen (secondary N) is 2. The highest BCUT2D eigenvalue weighted by atomic mass is 16.5. The number of rotatable bonds is 7. The summed E-state index contributed by atoms with van der Waals surface area (Å²) in [5, 5.41) is 7.01. The number of benzene rings is 3. The van der Waals surface area contributed by atoms with Crippen LogP contribution in [0.15, 0.2) is 78.9 Å². The molecule has 0 radical (unpaired) electrons. The molecule has 1 heterocycles. The summed E-state index contributed by atoms with van der Waals surface area (Å²) >= 11 is 0. The van der Waals surface area contributed by atoms with Gasteiger partial charge in [-0.3, -0.25) is 0 Å². The van der Waals surface area contributed by atoms with Crippen LogP contribution in [0.3, 0.4) is 0 Å². The van der Waals surface area contributed by atoms with Crippen LogP contribution in [0.2, 0.25) is 0 Å². The monoisotopic (exact) mass is 374 g/mol. The van der Waals surface area contributed by atoms with E-state index in [1.165, 1.54) is 0 Å². The highest BCUT2D eigenvalue weighted by Gasteiger charge is 2.19. The van der Waals surface area contributed by atoms with Gasteiger partial charge in [-0.2, -0.15) is 0 Å². The number of hydrogen-bond donors (Lipinski definition) is 2. The molecule has 1 aliphatic rings. The predicted octanol–water partition coefficient (Wildman–Crippen LogP) is 4.08. The Labute approximate surface area is 166 Å². The molecule has 4 heteroatoms. The Bertz CT molecular complexity index is 862. The van der Waals surface area contributed by atoms with Gasteiger partial charge in [-0.15, -0.1) is 0 Å². The molecule has 1 atom stereocenters. The molecule has 1 unspecified atom stereocenters. The standard InChI is InChI=1S/C24H26N2O2/c1-3-7-19(8-4-1)17-27-21-11-12-22(23-16-25-13-14-26-23)24(15-21)28-18-20-9-5-2-6-10-20/h1-12,15,23,25-26H,13-14,16-18H2. The second-order valence-electron chi connectivity index (χ2n) is 6.96. The Balaban J connectivity index is 1.51. The maximum absolute atomic E-state index is 6.22. The minimum absolute atomic E-state index is 0.239. The molecular weight excluding hydrogens is 348 g/mol. The fourth-order valence-corrected chi connectivity index (χ4v) is 3.37. The maximum atomic E-state index is 6.22. The van der Waals surface area contributed by atoms with Crippen molar-refractivity contribution in [1.82, 2.24) is 10.6 Å². The number of hydrogen-bond acceptors (Lipinski definition) is 4. The molecule has 0 amide bonds. The number of ether oxygens (including phenoxy) is 2. The zero-order valence-corrected chi connectivity index (χ0v) is 15.9. The fraction of sp³-hybridized carbons (Fsp3) is 0.250. The highest BCUT2D eigenvalue weighted by Crippen LogP contribution is 2.31. The molecule has 4 nitrogen and oxygen atoms in total. The van der Waals surface area contributed by atoms with Gasteiger partial charge in [0.15, 0.2) is 0 Å². The van der Waals surface area contributed by atoms with Crippen molar-refractivity contribution in [1.29, 1.82) is 0 Å². The van der Waals surface area contributed by atoms with Crippen LogP contribution in [0.5, 0.6) is 11.5 Å². The van der Waals surface area contributed by atoms with E-state index < -0.39 is 0 Å². The van der Waals surface area contributed by atoms with Gasteiger partial charge >= 0.3 is 0 Å². The van der Waals surface area contributed by atoms with E-state index in [0.717, 1.165) is 47.8 Å². The van der Waals surface area contributed by atoms with Crippen LogP contribution in [0.1, 0.15) is 22.7 Å². The lowest BCUT2D eigenvalue weighted by Gasteiger charge is -2.27. The van der Waals surface area contributed by atoms with Crippen molar-refractivity contribution in [3.8, 4) is 11.5 Å². The smallest absolute Gasteiger partial charge is 0.128 e. The van der Waals surface area contributed by atoms with E-state index in [4.69, 9.17) is 9.47 Å². The van der Waals surface area contributed by atoms with Gasteiger partial charge in [-0.25, -0.2) is 0 Å². The molecule has 1 fully saturated rings. The van der Waals surface area contributed by atoms with Crippen molar-refractivity contribution in [2.75, 3.05) is 19.6 Å². The van der Waals surface area contributed by atoms with E-state index >= 15 is 0 Å². The molecule has 0 saturated carbocycles. The van der Waals surface area contributed by atoms with Crippen molar-refractivity contribution in [2.24, 2.45) is 0 Å². The van der Waals surface area contributed by atoms with Crippen molar-refractivity contribution in [2.45, 2.75) is 19.3 Å². The topological polar surface area (TPSA) is 42.5 Å². The van der Waals surface area contributed by atoms with E-state index in [-0.39, 0.29) is 6.04 Å². The molecule has 1 saturated heterocycles. The van der Waals surface area contributed by atoms with Crippen LogP contribution in [0.4, 0.5) is 0 Å². The van der Waals surface area contributed by atoms with E-state index in [0.29, 0.717) is 13.2 Å². The summed E-state index contributed by atoms with van der Waals surface area (Å²) < 4.78 is 12.2. The highest BCUT2D eigenvalue weighted by molar-refractivity contribution is 5.43. The van der Waals surface area contributed by atoms with Crippen molar-refractivity contribution >= 4 is 0 Å². The molecule has 0 bridgehead atoms. The summed E-state index contributed by atoms with van der Waals surface area (Å²) in [5.41, 5.74) is 3.46. The van der Waals surface area contributed by atoms with E-state index in [2.05, 4.69) is 41.0 Å². The van der Waals surface area contributed by atoms with Gasteiger partial charge in [0, 0.05) is 37.3 Å². The fourth-order valence-electron chi connectivity index (χ4n) is 3.37. The Morgan fingerprint density at radius 3 is 2.07 bits per heavy atom. The normalized spacial score (nSPS) is 16.5. The van der Waals surface area contributed by atoms with Crippen LogP contribution in [0, 0.1) is 0 Å². The first kappa shape index (κ1) is 18.5. The summed E-state index contributed by atoms with van der Waals surface area (Å²) in [6, 6.07) is 26.8. The van der Waals surface area contributed by atoms with E-state index in [9.17, 15) is 0 Å². The molecule has 3 aromatic rings. The quantitative estimate of drug-likeness (QED) is 0.654. The third kappa shape index (κ3) is 4.91. The molecule has 0 aliphatic carbocycles. The van der Waals surface area contributed by atoms with Crippen LogP contribution in [-0.4, -0.2) is 19.6 Å². The van der Waals surface area contributed by atoms with Gasteiger partial charge in [0.05, 0.1) is 0 Å². The molecule has 144 valence electrons. The predicted molar refractivity (Wildman–Crippen MR) is 112 cm³/mol. The molecular formula is C24H26N2O2. The van der Waals surface area contributed by atoms with Crippen molar-refractivity contribution < 1.29 is 9.47 Å². The Hall–Kier alpha value is -2.82. The van der Waals surface area contributed by atoms with Gasteiger partial charge in [0.2, 0.25) is 0 Å². The summed E-state index contributed by atoms with van der Waals surface area (Å²) in [6.07, 6.45) is 0. The van der Waals surface area contributed by atoms with Gasteiger partial charge in [0.1, 0.15) is 24.7 Å². The van der Waals surface area contributed by atoms with Crippen LogP contribution >= 0.6 is 0 Å². The Morgan fingerprint density at radius 1 is 0.750 bits per heavy atom. The molecule has 28 heavy (non-hydrogen) atoms. The molecule has 2 N–H and O–H groups in total. The number of piperazine rings is 1. The first-order valence-corrected chi connectivity index (χ1v) is 9.80. The first-order chi connectivity index (χ1) is 13.9. The molecule has 1 aliphatic heterocycles. The molecule has 0 aromatic heterocycles. The van der Waals surface area contributed by atoms with E-state index in [1.54, 1.807) is 0 Å². The van der Waals surface area contributed by atoms with Gasteiger partial charge < -0.3 is 20.1 Å². The summed E-state index contributed by atoms with van der Waals surface area (Å²) in [5.74, 6) is 1.69. The van der Waals surface area contributed by atoms with Gasteiger partial charge in [0.25, 0.3) is 0 Å². The molecule has 4 rings (SSSR count). The van der Waals surface area contributed by atoms with E-state index in [1.807, 2.05) is 48.5 Å². The van der Waals surface area contributed by atoms with Crippen LogP contribution in [-0.2, 0) is 13.2 Å². The zero-order chi connectivity index (χ0) is 19.0. The minimum atomic E-state index is 0.239. The van der Waals surface area contributed by atoms with Gasteiger partial charge in [-0.05, 0) is 17.2 Å². The van der Waals surface area contributed by atoms with Crippen molar-refractivity contribution in [3.63, 3.8) is 0 Å². The lowest BCUT2D eigenvalue weighted by molar-refractivity contribution is 0.283. The maximum Gasteiger partial charge on any atom is 0.128 e. The zero-order valence-electron chi connectivity index (χ0n) is 15.9. The Kier molecular flexibility index (Phi) is 6.22. The van der Waals surface area contributed by atoms with Crippen LogP contribution < -0.4 is 20.1 Å². The lowest BCUT2D eigenvalue weighted by atomic mass is 10.0. The summed E-state index contributed by atoms with van der Waals surface area (Å²) in [4.78, 5) is 0. The largest absolute Gasteiger partial charge is 0.489 e. The second-order valence-corrected chi connectivity index (χ2v) is 6.96. The SMILES string of the molecule is c1ccc(COc2ccc(C3CNCCN3)c(OCc3ccccc3)c2)cc1. The average molecular weight is 374 g/mol. The second kappa shape index (κ2) is 9.40. The molecule has 3 aromatic carbocycles. The minimum Gasteiger partial charge on any atom is -0.489 e.